The molecule has 128 valence electrons. The molecule has 0 aromatic heterocycles. The van der Waals surface area contributed by atoms with E-state index in [9.17, 15) is 14.4 Å². The highest BCUT2D eigenvalue weighted by Crippen LogP contribution is 2.26. The van der Waals surface area contributed by atoms with Gasteiger partial charge in [-0.25, -0.2) is 0 Å². The van der Waals surface area contributed by atoms with Gasteiger partial charge in [0.2, 0.25) is 11.8 Å². The van der Waals surface area contributed by atoms with E-state index < -0.39 is 0 Å². The van der Waals surface area contributed by atoms with Gasteiger partial charge in [-0.3, -0.25) is 14.4 Å². The number of hydrogen-bond acceptors (Lipinski definition) is 4. The second-order valence-corrected chi connectivity index (χ2v) is 7.03. The summed E-state index contributed by atoms with van der Waals surface area (Å²) in [5.41, 5.74) is 1.52. The third kappa shape index (κ3) is 3.40. The molecule has 1 N–H and O–H groups in total. The monoisotopic (exact) mass is 347 g/mol. The average molecular weight is 347 g/mol. The highest BCUT2D eigenvalue weighted by Gasteiger charge is 2.42. The van der Waals surface area contributed by atoms with E-state index >= 15 is 0 Å². The molecular weight excluding hydrogens is 326 g/mol. The molecule has 1 aromatic rings. The van der Waals surface area contributed by atoms with E-state index in [-0.39, 0.29) is 30.3 Å². The minimum absolute atomic E-state index is 0.0140. The molecule has 24 heavy (non-hydrogen) atoms. The van der Waals surface area contributed by atoms with Crippen molar-refractivity contribution < 1.29 is 14.4 Å². The Kier molecular flexibility index (Phi) is 5.08. The molecule has 2 aliphatic rings. The van der Waals surface area contributed by atoms with Gasteiger partial charge in [0.1, 0.15) is 12.6 Å². The lowest BCUT2D eigenvalue weighted by Crippen LogP contribution is -2.57. The second kappa shape index (κ2) is 7.25. The summed E-state index contributed by atoms with van der Waals surface area (Å²) in [5, 5.41) is 2.83. The van der Waals surface area contributed by atoms with Crippen molar-refractivity contribution in [2.24, 2.45) is 0 Å². The number of carbonyl (C=O) groups is 3. The summed E-state index contributed by atoms with van der Waals surface area (Å²) in [4.78, 5) is 39.8. The Bertz CT molecular complexity index is 647. The number of nitrogens with one attached hydrogen (secondary N) is 1. The molecule has 0 bridgehead atoms. The van der Waals surface area contributed by atoms with Crippen LogP contribution in [-0.4, -0.2) is 58.3 Å². The molecule has 1 atom stereocenters. The van der Waals surface area contributed by atoms with Gasteiger partial charge in [0.15, 0.2) is 0 Å². The standard InChI is InChI=1S/C17H21N3O3S/c1-2-7-18-16(22)13-5-3-12(4-6-13)8-19-9-15(21)20-11-24-10-14(20)17(19)23/h3-6,14H,2,7-11H2,1H3,(H,18,22). The predicted molar refractivity (Wildman–Crippen MR) is 92.4 cm³/mol. The van der Waals surface area contributed by atoms with Gasteiger partial charge in [0, 0.05) is 24.4 Å². The first-order chi connectivity index (χ1) is 11.6. The molecule has 1 unspecified atom stereocenters. The number of piperazine rings is 1. The number of carbonyl (C=O) groups excluding carboxylic acids is 3. The number of fused-ring (bicyclic) bond motifs is 1. The summed E-state index contributed by atoms with van der Waals surface area (Å²) < 4.78 is 0. The maximum absolute atomic E-state index is 12.5. The molecule has 1 aromatic carbocycles. The van der Waals surface area contributed by atoms with Crippen molar-refractivity contribution >= 4 is 29.5 Å². The summed E-state index contributed by atoms with van der Waals surface area (Å²) in [6, 6.07) is 6.89. The maximum Gasteiger partial charge on any atom is 0.251 e. The third-order valence-corrected chi connectivity index (χ3v) is 5.26. The van der Waals surface area contributed by atoms with Crippen LogP contribution in [-0.2, 0) is 16.1 Å². The van der Waals surface area contributed by atoms with E-state index in [2.05, 4.69) is 5.32 Å². The molecular formula is C17H21N3O3S. The molecule has 0 saturated carbocycles. The number of nitrogens with zero attached hydrogens (tertiary/aromatic N) is 2. The van der Waals surface area contributed by atoms with Gasteiger partial charge in [-0.05, 0) is 24.1 Å². The number of benzene rings is 1. The Hall–Kier alpha value is -2.02. The summed E-state index contributed by atoms with van der Waals surface area (Å²) in [7, 11) is 0. The Morgan fingerprint density at radius 2 is 2.04 bits per heavy atom. The first-order valence-corrected chi connectivity index (χ1v) is 9.28. The zero-order chi connectivity index (χ0) is 17.1. The molecule has 2 fully saturated rings. The van der Waals surface area contributed by atoms with Crippen molar-refractivity contribution in [1.82, 2.24) is 15.1 Å². The van der Waals surface area contributed by atoms with E-state index in [0.717, 1.165) is 12.0 Å². The number of amides is 3. The molecule has 0 radical (unpaired) electrons. The molecule has 0 spiro atoms. The van der Waals surface area contributed by atoms with E-state index in [0.29, 0.717) is 30.3 Å². The van der Waals surface area contributed by atoms with Crippen molar-refractivity contribution in [1.29, 1.82) is 0 Å². The van der Waals surface area contributed by atoms with Gasteiger partial charge in [-0.1, -0.05) is 19.1 Å². The van der Waals surface area contributed by atoms with Crippen molar-refractivity contribution in [2.75, 3.05) is 24.7 Å². The van der Waals surface area contributed by atoms with Gasteiger partial charge in [-0.15, -0.1) is 11.8 Å². The van der Waals surface area contributed by atoms with E-state index in [1.807, 2.05) is 19.1 Å². The average Bonchev–Trinajstić information content (AvgIpc) is 3.08. The molecule has 0 aliphatic carbocycles. The first kappa shape index (κ1) is 16.8. The lowest BCUT2D eigenvalue weighted by Gasteiger charge is -2.35. The van der Waals surface area contributed by atoms with Crippen molar-refractivity contribution in [3.05, 3.63) is 35.4 Å². The minimum Gasteiger partial charge on any atom is -0.352 e. The van der Waals surface area contributed by atoms with Crippen LogP contribution in [0.1, 0.15) is 29.3 Å². The third-order valence-electron chi connectivity index (χ3n) is 4.25. The Morgan fingerprint density at radius 3 is 2.75 bits per heavy atom. The van der Waals surface area contributed by atoms with Crippen LogP contribution in [0.4, 0.5) is 0 Å². The Labute approximate surface area is 145 Å². The van der Waals surface area contributed by atoms with Crippen LogP contribution in [0.15, 0.2) is 24.3 Å². The fraction of sp³-hybridized carbons (Fsp3) is 0.471. The van der Waals surface area contributed by atoms with Gasteiger partial charge >= 0.3 is 0 Å². The van der Waals surface area contributed by atoms with E-state index in [1.165, 1.54) is 0 Å². The van der Waals surface area contributed by atoms with Crippen molar-refractivity contribution in [3.63, 3.8) is 0 Å². The zero-order valence-electron chi connectivity index (χ0n) is 13.7. The maximum atomic E-state index is 12.5. The molecule has 6 nitrogen and oxygen atoms in total. The summed E-state index contributed by atoms with van der Waals surface area (Å²) in [6.07, 6.45) is 0.894. The smallest absolute Gasteiger partial charge is 0.251 e. The first-order valence-electron chi connectivity index (χ1n) is 8.13. The van der Waals surface area contributed by atoms with Gasteiger partial charge < -0.3 is 15.1 Å². The molecule has 3 rings (SSSR count). The fourth-order valence-electron chi connectivity index (χ4n) is 2.89. The van der Waals surface area contributed by atoms with Crippen LogP contribution in [0.2, 0.25) is 0 Å². The Balaban J connectivity index is 1.64. The van der Waals surface area contributed by atoms with E-state index in [1.54, 1.807) is 33.7 Å². The molecule has 7 heteroatoms. The van der Waals surface area contributed by atoms with Crippen LogP contribution in [0.5, 0.6) is 0 Å². The lowest BCUT2D eigenvalue weighted by molar-refractivity contribution is -0.153. The second-order valence-electron chi connectivity index (χ2n) is 6.03. The van der Waals surface area contributed by atoms with E-state index in [4.69, 9.17) is 0 Å². The minimum atomic E-state index is -0.310. The highest BCUT2D eigenvalue weighted by atomic mass is 32.2. The largest absolute Gasteiger partial charge is 0.352 e. The number of thioether (sulfide) groups is 1. The summed E-state index contributed by atoms with van der Waals surface area (Å²) >= 11 is 1.62. The number of rotatable bonds is 5. The molecule has 2 saturated heterocycles. The molecule has 3 amide bonds. The predicted octanol–water partition coefficient (Wildman–Crippen LogP) is 1.07. The number of hydrogen-bond donors (Lipinski definition) is 1. The SMILES string of the molecule is CCCNC(=O)c1ccc(CN2CC(=O)N3CSCC3C2=O)cc1. The normalized spacial score (nSPS) is 20.3. The lowest BCUT2D eigenvalue weighted by atomic mass is 10.1. The molecule has 2 heterocycles. The van der Waals surface area contributed by atoms with Crippen LogP contribution >= 0.6 is 11.8 Å². The topological polar surface area (TPSA) is 69.7 Å². The van der Waals surface area contributed by atoms with Gasteiger partial charge in [0.05, 0.1) is 5.88 Å². The van der Waals surface area contributed by atoms with Crippen LogP contribution in [0.25, 0.3) is 0 Å². The van der Waals surface area contributed by atoms with Crippen LogP contribution < -0.4 is 5.32 Å². The van der Waals surface area contributed by atoms with Crippen molar-refractivity contribution in [3.8, 4) is 0 Å². The molecule has 2 aliphatic heterocycles. The zero-order valence-corrected chi connectivity index (χ0v) is 14.5. The fourth-order valence-corrected chi connectivity index (χ4v) is 4.06. The van der Waals surface area contributed by atoms with Crippen molar-refractivity contribution in [2.45, 2.75) is 25.9 Å². The Morgan fingerprint density at radius 1 is 1.29 bits per heavy atom. The quantitative estimate of drug-likeness (QED) is 0.865. The van der Waals surface area contributed by atoms with Crippen LogP contribution in [0, 0.1) is 0 Å². The van der Waals surface area contributed by atoms with Gasteiger partial charge in [0.25, 0.3) is 5.91 Å². The highest BCUT2D eigenvalue weighted by molar-refractivity contribution is 7.99. The summed E-state index contributed by atoms with van der Waals surface area (Å²) in [5.74, 6) is 1.23. The van der Waals surface area contributed by atoms with Gasteiger partial charge in [-0.2, -0.15) is 0 Å². The summed E-state index contributed by atoms with van der Waals surface area (Å²) in [6.45, 7) is 3.19. The van der Waals surface area contributed by atoms with Crippen LogP contribution in [0.3, 0.4) is 0 Å².